The molecule has 0 bridgehead atoms. The van der Waals surface area contributed by atoms with Gasteiger partial charge in [-0.05, 0) is 23.2 Å². The van der Waals surface area contributed by atoms with Gasteiger partial charge in [0, 0.05) is 5.69 Å². The number of carbonyl (C=O) groups is 2. The summed E-state index contributed by atoms with van der Waals surface area (Å²) >= 11 is 1.18. The van der Waals surface area contributed by atoms with Gasteiger partial charge in [-0.2, -0.15) is 0 Å². The zero-order valence-electron chi connectivity index (χ0n) is 10.00. The fourth-order valence-corrected chi connectivity index (χ4v) is 2.09. The van der Waals surface area contributed by atoms with Crippen LogP contribution in [0.4, 0.5) is 5.69 Å². The van der Waals surface area contributed by atoms with Crippen LogP contribution in [0.2, 0.25) is 0 Å². The van der Waals surface area contributed by atoms with Crippen molar-refractivity contribution in [3.63, 3.8) is 0 Å². The van der Waals surface area contributed by atoms with E-state index in [0.29, 0.717) is 11.3 Å². The SMILES string of the molecule is NC(=O)Cc1ccccc1NC(=O)Cc1cnns1. The Morgan fingerprint density at radius 2 is 2.05 bits per heavy atom. The zero-order valence-corrected chi connectivity index (χ0v) is 10.8. The second-order valence-corrected chi connectivity index (χ2v) is 4.78. The smallest absolute Gasteiger partial charge is 0.229 e. The van der Waals surface area contributed by atoms with Gasteiger partial charge in [0.2, 0.25) is 11.8 Å². The van der Waals surface area contributed by atoms with E-state index in [1.54, 1.807) is 30.5 Å². The fourth-order valence-electron chi connectivity index (χ4n) is 1.60. The van der Waals surface area contributed by atoms with Gasteiger partial charge in [0.15, 0.2) is 0 Å². The van der Waals surface area contributed by atoms with Crippen molar-refractivity contribution in [1.82, 2.24) is 9.59 Å². The Labute approximate surface area is 113 Å². The molecule has 6 nitrogen and oxygen atoms in total. The van der Waals surface area contributed by atoms with Crippen molar-refractivity contribution in [1.29, 1.82) is 0 Å². The van der Waals surface area contributed by atoms with Crippen LogP contribution in [0.3, 0.4) is 0 Å². The summed E-state index contributed by atoms with van der Waals surface area (Å²) in [5.41, 5.74) is 6.47. The summed E-state index contributed by atoms with van der Waals surface area (Å²) in [5, 5.41) is 6.43. The van der Waals surface area contributed by atoms with Crippen molar-refractivity contribution in [3.8, 4) is 0 Å². The molecule has 0 unspecified atom stereocenters. The molecule has 98 valence electrons. The molecule has 0 aliphatic rings. The number of hydrogen-bond donors (Lipinski definition) is 2. The van der Waals surface area contributed by atoms with Gasteiger partial charge in [-0.25, -0.2) is 0 Å². The van der Waals surface area contributed by atoms with Gasteiger partial charge >= 0.3 is 0 Å². The Morgan fingerprint density at radius 1 is 1.26 bits per heavy atom. The van der Waals surface area contributed by atoms with Crippen molar-refractivity contribution >= 4 is 29.0 Å². The molecule has 7 heteroatoms. The van der Waals surface area contributed by atoms with E-state index in [2.05, 4.69) is 14.9 Å². The van der Waals surface area contributed by atoms with E-state index in [9.17, 15) is 9.59 Å². The van der Waals surface area contributed by atoms with Gasteiger partial charge < -0.3 is 11.1 Å². The minimum absolute atomic E-state index is 0.0958. The van der Waals surface area contributed by atoms with Gasteiger partial charge in [0.1, 0.15) is 0 Å². The molecule has 19 heavy (non-hydrogen) atoms. The topological polar surface area (TPSA) is 98.0 Å². The average Bonchev–Trinajstić information content (AvgIpc) is 2.83. The van der Waals surface area contributed by atoms with Crippen LogP contribution in [0.15, 0.2) is 30.5 Å². The number of nitrogens with one attached hydrogen (secondary N) is 1. The van der Waals surface area contributed by atoms with Crippen LogP contribution in [0.25, 0.3) is 0 Å². The molecule has 0 saturated carbocycles. The monoisotopic (exact) mass is 276 g/mol. The highest BCUT2D eigenvalue weighted by molar-refractivity contribution is 7.05. The molecule has 0 aliphatic heterocycles. The molecule has 0 aliphatic carbocycles. The third-order valence-corrected chi connectivity index (χ3v) is 3.06. The number of rotatable bonds is 5. The number of carbonyl (C=O) groups excluding carboxylic acids is 2. The van der Waals surface area contributed by atoms with E-state index < -0.39 is 5.91 Å². The Balaban J connectivity index is 2.06. The largest absolute Gasteiger partial charge is 0.369 e. The number of benzene rings is 1. The normalized spacial score (nSPS) is 10.1. The number of nitrogens with zero attached hydrogens (tertiary/aromatic N) is 2. The summed E-state index contributed by atoms with van der Waals surface area (Å²) in [4.78, 5) is 23.6. The van der Waals surface area contributed by atoms with Crippen molar-refractivity contribution in [2.24, 2.45) is 5.73 Å². The predicted octanol–water partition coefficient (Wildman–Crippen LogP) is 0.747. The summed E-state index contributed by atoms with van der Waals surface area (Å²) in [6.07, 6.45) is 1.86. The molecule has 1 aromatic heterocycles. The second-order valence-electron chi connectivity index (χ2n) is 3.91. The van der Waals surface area contributed by atoms with Crippen molar-refractivity contribution in [3.05, 3.63) is 40.9 Å². The first-order valence-electron chi connectivity index (χ1n) is 5.57. The zero-order chi connectivity index (χ0) is 13.7. The summed E-state index contributed by atoms with van der Waals surface area (Å²) in [6, 6.07) is 7.07. The lowest BCUT2D eigenvalue weighted by molar-refractivity contribution is -0.117. The predicted molar refractivity (Wildman–Crippen MR) is 71.6 cm³/mol. The van der Waals surface area contributed by atoms with E-state index >= 15 is 0 Å². The van der Waals surface area contributed by atoms with E-state index in [0.717, 1.165) is 4.88 Å². The van der Waals surface area contributed by atoms with Crippen LogP contribution in [-0.4, -0.2) is 21.4 Å². The number of nitrogens with two attached hydrogens (primary N) is 1. The van der Waals surface area contributed by atoms with Crippen LogP contribution in [0.5, 0.6) is 0 Å². The maximum Gasteiger partial charge on any atom is 0.229 e. The lowest BCUT2D eigenvalue weighted by Crippen LogP contribution is -2.18. The summed E-state index contributed by atoms with van der Waals surface area (Å²) < 4.78 is 3.69. The van der Waals surface area contributed by atoms with Gasteiger partial charge in [-0.3, -0.25) is 9.59 Å². The maximum absolute atomic E-state index is 11.8. The van der Waals surface area contributed by atoms with Crippen LogP contribution >= 0.6 is 11.5 Å². The lowest BCUT2D eigenvalue weighted by Gasteiger charge is -2.09. The molecular weight excluding hydrogens is 264 g/mol. The molecule has 2 aromatic rings. The molecule has 2 amide bonds. The molecule has 2 rings (SSSR count). The van der Waals surface area contributed by atoms with Crippen LogP contribution in [0, 0.1) is 0 Å². The Kier molecular flexibility index (Phi) is 4.19. The average molecular weight is 276 g/mol. The first-order chi connectivity index (χ1) is 9.15. The fraction of sp³-hybridized carbons (Fsp3) is 0.167. The van der Waals surface area contributed by atoms with E-state index in [4.69, 9.17) is 5.73 Å². The first-order valence-corrected chi connectivity index (χ1v) is 6.35. The quantitative estimate of drug-likeness (QED) is 0.841. The van der Waals surface area contributed by atoms with Gasteiger partial charge in [-0.15, -0.1) is 5.10 Å². The van der Waals surface area contributed by atoms with Crippen LogP contribution in [0.1, 0.15) is 10.4 Å². The summed E-state index contributed by atoms with van der Waals surface area (Å²) in [5.74, 6) is -0.615. The molecule has 0 atom stereocenters. The molecule has 0 radical (unpaired) electrons. The molecule has 1 aromatic carbocycles. The Bertz CT molecular complexity index is 583. The summed E-state index contributed by atoms with van der Waals surface area (Å²) in [6.45, 7) is 0. The first kappa shape index (κ1) is 13.2. The number of aromatic nitrogens is 2. The second kappa shape index (κ2) is 6.05. The highest BCUT2D eigenvalue weighted by Crippen LogP contribution is 2.16. The minimum atomic E-state index is -0.437. The lowest BCUT2D eigenvalue weighted by atomic mass is 10.1. The third-order valence-electron chi connectivity index (χ3n) is 2.40. The highest BCUT2D eigenvalue weighted by atomic mass is 32.1. The van der Waals surface area contributed by atoms with Crippen molar-refractivity contribution in [2.45, 2.75) is 12.8 Å². The number of hydrogen-bond acceptors (Lipinski definition) is 5. The highest BCUT2D eigenvalue weighted by Gasteiger charge is 2.10. The number of primary amides is 1. The molecule has 1 heterocycles. The van der Waals surface area contributed by atoms with E-state index in [1.165, 1.54) is 11.5 Å². The maximum atomic E-state index is 11.8. The third kappa shape index (κ3) is 3.85. The number of anilines is 1. The summed E-state index contributed by atoms with van der Waals surface area (Å²) in [7, 11) is 0. The number of para-hydroxylation sites is 1. The van der Waals surface area contributed by atoms with Gasteiger partial charge in [0.05, 0.1) is 23.9 Å². The van der Waals surface area contributed by atoms with Gasteiger partial charge in [0.25, 0.3) is 0 Å². The molecule has 3 N–H and O–H groups in total. The van der Waals surface area contributed by atoms with E-state index in [-0.39, 0.29) is 18.7 Å². The van der Waals surface area contributed by atoms with Gasteiger partial charge in [-0.1, -0.05) is 22.7 Å². The molecule has 0 saturated heterocycles. The molecular formula is C12H12N4O2S. The van der Waals surface area contributed by atoms with Crippen molar-refractivity contribution in [2.75, 3.05) is 5.32 Å². The number of amides is 2. The van der Waals surface area contributed by atoms with Crippen molar-refractivity contribution < 1.29 is 9.59 Å². The molecule has 0 spiro atoms. The minimum Gasteiger partial charge on any atom is -0.369 e. The Hall–Kier alpha value is -2.28. The molecule has 0 fully saturated rings. The standard InChI is InChI=1S/C12H12N4O2S/c13-11(17)5-8-3-1-2-4-10(8)15-12(18)6-9-7-14-16-19-9/h1-4,7H,5-6H2,(H2,13,17)(H,15,18). The van der Waals surface area contributed by atoms with Crippen LogP contribution in [-0.2, 0) is 22.4 Å². The Morgan fingerprint density at radius 3 is 2.74 bits per heavy atom. The van der Waals surface area contributed by atoms with Crippen LogP contribution < -0.4 is 11.1 Å². The van der Waals surface area contributed by atoms with E-state index in [1.807, 2.05) is 0 Å².